The number of carbonyl (C=O) groups excluding carboxylic acids is 1. The van der Waals surface area contributed by atoms with Crippen LogP contribution in [0.4, 0.5) is 0 Å². The van der Waals surface area contributed by atoms with Gasteiger partial charge in [-0.1, -0.05) is 48.9 Å². The number of carbonyl (C=O) groups is 1. The molecule has 2 aromatic rings. The molecule has 1 fully saturated rings. The lowest BCUT2D eigenvalue weighted by molar-refractivity contribution is -0.148. The summed E-state index contributed by atoms with van der Waals surface area (Å²) in [6, 6.07) is 18.4. The van der Waals surface area contributed by atoms with Crippen molar-refractivity contribution in [1.29, 1.82) is 0 Å². The molecule has 0 amide bonds. The first-order chi connectivity index (χ1) is 11.7. The van der Waals surface area contributed by atoms with Crippen LogP contribution in [0.25, 0.3) is 0 Å². The van der Waals surface area contributed by atoms with Gasteiger partial charge in [-0.2, -0.15) is 0 Å². The molecule has 0 N–H and O–H groups in total. The van der Waals surface area contributed by atoms with E-state index in [4.69, 9.17) is 9.47 Å². The topological polar surface area (TPSA) is 35.5 Å². The van der Waals surface area contributed by atoms with Gasteiger partial charge in [-0.15, -0.1) is 0 Å². The Morgan fingerprint density at radius 2 is 1.71 bits per heavy atom. The first-order valence-corrected chi connectivity index (χ1v) is 8.66. The summed E-state index contributed by atoms with van der Waals surface area (Å²) in [4.78, 5) is 11.3. The van der Waals surface area contributed by atoms with Crippen LogP contribution in [-0.2, 0) is 16.1 Å². The Morgan fingerprint density at radius 3 is 2.42 bits per heavy atom. The van der Waals surface area contributed by atoms with Crippen LogP contribution >= 0.6 is 0 Å². The van der Waals surface area contributed by atoms with Crippen LogP contribution in [0.15, 0.2) is 54.6 Å². The fourth-order valence-corrected chi connectivity index (χ4v) is 3.38. The Labute approximate surface area is 143 Å². The molecule has 0 heterocycles. The van der Waals surface area contributed by atoms with E-state index in [1.165, 1.54) is 18.9 Å². The average Bonchev–Trinajstić information content (AvgIpc) is 2.61. The number of ether oxygens (including phenoxy) is 2. The van der Waals surface area contributed by atoms with Gasteiger partial charge in [0.15, 0.2) is 0 Å². The first-order valence-electron chi connectivity index (χ1n) is 8.66. The molecule has 0 radical (unpaired) electrons. The molecule has 0 spiro atoms. The van der Waals surface area contributed by atoms with Gasteiger partial charge in [0.05, 0.1) is 0 Å². The molecule has 3 nitrogen and oxygen atoms in total. The molecule has 0 aromatic heterocycles. The van der Waals surface area contributed by atoms with Crippen molar-refractivity contribution >= 4 is 5.97 Å². The van der Waals surface area contributed by atoms with Crippen LogP contribution in [0.1, 0.15) is 49.7 Å². The van der Waals surface area contributed by atoms with Crippen molar-refractivity contribution in [3.05, 3.63) is 65.7 Å². The number of esters is 1. The largest absolute Gasteiger partial charge is 0.489 e. The van der Waals surface area contributed by atoms with Crippen molar-refractivity contribution in [2.45, 2.75) is 51.2 Å². The zero-order chi connectivity index (χ0) is 16.8. The second-order valence-corrected chi connectivity index (χ2v) is 6.38. The molecule has 126 valence electrons. The van der Waals surface area contributed by atoms with E-state index in [-0.39, 0.29) is 12.1 Å². The van der Waals surface area contributed by atoms with E-state index < -0.39 is 0 Å². The molecule has 2 aromatic carbocycles. The summed E-state index contributed by atoms with van der Waals surface area (Å²) in [6.45, 7) is 2.06. The van der Waals surface area contributed by atoms with Gasteiger partial charge in [0.1, 0.15) is 18.5 Å². The third-order valence-electron chi connectivity index (χ3n) is 4.58. The molecule has 0 unspecified atom stereocenters. The molecule has 1 saturated carbocycles. The fourth-order valence-electron chi connectivity index (χ4n) is 3.38. The van der Waals surface area contributed by atoms with Gasteiger partial charge in [-0.25, -0.2) is 0 Å². The standard InChI is InChI=1S/C21H24O3/c1-16(22)24-21-10-6-5-9-20(21)18-11-13-19(14-12-18)23-15-17-7-3-2-4-8-17/h2-4,7-8,11-14,20-21H,5-6,9-10,15H2,1H3/t20-,21+/m0/s1. The number of rotatable bonds is 5. The second-order valence-electron chi connectivity index (χ2n) is 6.38. The van der Waals surface area contributed by atoms with E-state index in [1.54, 1.807) is 0 Å². The summed E-state index contributed by atoms with van der Waals surface area (Å²) in [5, 5.41) is 0. The lowest BCUT2D eigenvalue weighted by Crippen LogP contribution is -2.27. The molecule has 24 heavy (non-hydrogen) atoms. The molecule has 3 rings (SSSR count). The van der Waals surface area contributed by atoms with Gasteiger partial charge in [0.2, 0.25) is 0 Å². The van der Waals surface area contributed by atoms with E-state index in [2.05, 4.69) is 24.3 Å². The number of hydrogen-bond acceptors (Lipinski definition) is 3. The third-order valence-corrected chi connectivity index (χ3v) is 4.58. The summed E-state index contributed by atoms with van der Waals surface area (Å²) in [5.74, 6) is 0.975. The zero-order valence-corrected chi connectivity index (χ0v) is 14.1. The van der Waals surface area contributed by atoms with E-state index in [0.717, 1.165) is 30.6 Å². The van der Waals surface area contributed by atoms with Crippen LogP contribution < -0.4 is 4.74 Å². The van der Waals surface area contributed by atoms with Crippen molar-refractivity contribution in [2.75, 3.05) is 0 Å². The van der Waals surface area contributed by atoms with Gasteiger partial charge in [0, 0.05) is 12.8 Å². The smallest absolute Gasteiger partial charge is 0.302 e. The van der Waals surface area contributed by atoms with E-state index >= 15 is 0 Å². The molecule has 3 heteroatoms. The van der Waals surface area contributed by atoms with E-state index in [1.807, 2.05) is 30.3 Å². The highest BCUT2D eigenvalue weighted by atomic mass is 16.5. The Morgan fingerprint density at radius 1 is 1.00 bits per heavy atom. The third kappa shape index (κ3) is 4.38. The summed E-state index contributed by atoms with van der Waals surface area (Å²) < 4.78 is 11.4. The van der Waals surface area contributed by atoms with Crippen molar-refractivity contribution < 1.29 is 14.3 Å². The van der Waals surface area contributed by atoms with Crippen LogP contribution in [0.3, 0.4) is 0 Å². The summed E-state index contributed by atoms with van der Waals surface area (Å²) in [5.41, 5.74) is 2.39. The van der Waals surface area contributed by atoms with Gasteiger partial charge < -0.3 is 9.47 Å². The molecule has 1 aliphatic rings. The van der Waals surface area contributed by atoms with E-state index in [0.29, 0.717) is 12.5 Å². The van der Waals surface area contributed by atoms with Crippen LogP contribution in [0.5, 0.6) is 5.75 Å². The molecule has 0 saturated heterocycles. The van der Waals surface area contributed by atoms with Crippen molar-refractivity contribution in [2.24, 2.45) is 0 Å². The number of hydrogen-bond donors (Lipinski definition) is 0. The molecule has 0 bridgehead atoms. The Balaban J connectivity index is 1.63. The molecular weight excluding hydrogens is 300 g/mol. The van der Waals surface area contributed by atoms with Crippen LogP contribution in [0, 0.1) is 0 Å². The summed E-state index contributed by atoms with van der Waals surface area (Å²) in [7, 11) is 0. The van der Waals surface area contributed by atoms with Crippen molar-refractivity contribution in [3.63, 3.8) is 0 Å². The zero-order valence-electron chi connectivity index (χ0n) is 14.1. The van der Waals surface area contributed by atoms with Gasteiger partial charge >= 0.3 is 5.97 Å². The molecule has 2 atom stereocenters. The minimum absolute atomic E-state index is 0.00679. The summed E-state index contributed by atoms with van der Waals surface area (Å²) in [6.07, 6.45) is 4.35. The fraction of sp³-hybridized carbons (Fsp3) is 0.381. The second kappa shape index (κ2) is 8.00. The Hall–Kier alpha value is -2.29. The van der Waals surface area contributed by atoms with Gasteiger partial charge in [-0.05, 0) is 42.5 Å². The normalized spacial score (nSPS) is 20.4. The predicted octanol–water partition coefficient (Wildman–Crippen LogP) is 4.85. The molecule has 0 aliphatic heterocycles. The average molecular weight is 324 g/mol. The lowest BCUT2D eigenvalue weighted by Gasteiger charge is -2.31. The van der Waals surface area contributed by atoms with Gasteiger partial charge in [-0.3, -0.25) is 4.79 Å². The monoisotopic (exact) mass is 324 g/mol. The maximum Gasteiger partial charge on any atom is 0.302 e. The molecule has 1 aliphatic carbocycles. The SMILES string of the molecule is CC(=O)O[C@@H]1CCCC[C@H]1c1ccc(OCc2ccccc2)cc1. The highest BCUT2D eigenvalue weighted by Gasteiger charge is 2.28. The van der Waals surface area contributed by atoms with Crippen LogP contribution in [0.2, 0.25) is 0 Å². The highest BCUT2D eigenvalue weighted by molar-refractivity contribution is 5.66. The van der Waals surface area contributed by atoms with Gasteiger partial charge in [0.25, 0.3) is 0 Å². The number of benzene rings is 2. The minimum atomic E-state index is -0.185. The Kier molecular flexibility index (Phi) is 5.52. The maximum atomic E-state index is 11.3. The summed E-state index contributed by atoms with van der Waals surface area (Å²) >= 11 is 0. The Bertz CT molecular complexity index is 649. The maximum absolute atomic E-state index is 11.3. The van der Waals surface area contributed by atoms with Crippen molar-refractivity contribution in [1.82, 2.24) is 0 Å². The molecular formula is C21H24O3. The minimum Gasteiger partial charge on any atom is -0.489 e. The predicted molar refractivity (Wildman–Crippen MR) is 94.0 cm³/mol. The van der Waals surface area contributed by atoms with Crippen molar-refractivity contribution in [3.8, 4) is 5.75 Å². The quantitative estimate of drug-likeness (QED) is 0.737. The van der Waals surface area contributed by atoms with E-state index in [9.17, 15) is 4.79 Å². The van der Waals surface area contributed by atoms with Crippen LogP contribution in [-0.4, -0.2) is 12.1 Å². The highest BCUT2D eigenvalue weighted by Crippen LogP contribution is 2.35. The lowest BCUT2D eigenvalue weighted by atomic mass is 9.81. The first kappa shape index (κ1) is 16.6.